The molecule has 1 unspecified atom stereocenters. The second kappa shape index (κ2) is 6.91. The normalized spacial score (nSPS) is 20.2. The van der Waals surface area contributed by atoms with Gasteiger partial charge in [0.05, 0.1) is 24.3 Å². The molecule has 21 heavy (non-hydrogen) atoms. The van der Waals surface area contributed by atoms with Crippen LogP contribution in [0.2, 0.25) is 0 Å². The number of aliphatic imine (C=N–C) groups is 1. The Morgan fingerprint density at radius 2 is 2.00 bits per heavy atom. The van der Waals surface area contributed by atoms with Crippen molar-refractivity contribution in [1.82, 2.24) is 0 Å². The van der Waals surface area contributed by atoms with Crippen LogP contribution in [0.1, 0.15) is 44.2 Å². The van der Waals surface area contributed by atoms with E-state index < -0.39 is 5.91 Å². The fourth-order valence-electron chi connectivity index (χ4n) is 2.35. The van der Waals surface area contributed by atoms with Crippen LogP contribution in [0.5, 0.6) is 5.75 Å². The molecule has 0 saturated heterocycles. The van der Waals surface area contributed by atoms with Gasteiger partial charge in [-0.1, -0.05) is 32.4 Å². The summed E-state index contributed by atoms with van der Waals surface area (Å²) in [6.45, 7) is 5.38. The number of ether oxygens (including phenoxy) is 3. The van der Waals surface area contributed by atoms with Gasteiger partial charge in [-0.15, -0.1) is 0 Å². The Balaban J connectivity index is 2.34. The highest BCUT2D eigenvalue weighted by atomic mass is 16.7. The molecule has 1 aliphatic rings. The zero-order valence-corrected chi connectivity index (χ0v) is 13.0. The van der Waals surface area contributed by atoms with E-state index in [1.165, 1.54) is 0 Å². The predicted molar refractivity (Wildman–Crippen MR) is 82.5 cm³/mol. The number of unbranched alkanes of at least 4 members (excludes halogenated alkanes) is 1. The minimum Gasteiger partial charge on any atom is -0.493 e. The standard InChI is InChI=1S/C16H24N2O3/c1-4-6-11-20-13-9-7-8-12-14(13)15(17)18-16(12,19-3)21-10-5-2/h7-9H,4-6,10-11H2,1-3H3,(H2,17,18). The van der Waals surface area contributed by atoms with Crippen LogP contribution in [0.3, 0.4) is 0 Å². The highest BCUT2D eigenvalue weighted by Crippen LogP contribution is 2.40. The van der Waals surface area contributed by atoms with Crippen LogP contribution in [0.4, 0.5) is 0 Å². The zero-order valence-electron chi connectivity index (χ0n) is 13.0. The maximum Gasteiger partial charge on any atom is 0.300 e. The third-order valence-corrected chi connectivity index (χ3v) is 3.42. The van der Waals surface area contributed by atoms with Crippen molar-refractivity contribution in [3.8, 4) is 5.75 Å². The van der Waals surface area contributed by atoms with Crippen LogP contribution in [0, 0.1) is 0 Å². The monoisotopic (exact) mass is 292 g/mol. The van der Waals surface area contributed by atoms with Crippen LogP contribution in [0.15, 0.2) is 23.2 Å². The topological polar surface area (TPSA) is 66.1 Å². The van der Waals surface area contributed by atoms with Gasteiger partial charge in [0.15, 0.2) is 0 Å². The summed E-state index contributed by atoms with van der Waals surface area (Å²) in [5.41, 5.74) is 7.68. The second-order valence-corrected chi connectivity index (χ2v) is 5.01. The molecule has 1 aliphatic heterocycles. The van der Waals surface area contributed by atoms with Crippen LogP contribution in [-0.2, 0) is 15.4 Å². The molecule has 1 aromatic carbocycles. The molecule has 2 N–H and O–H groups in total. The molecule has 0 radical (unpaired) electrons. The molecule has 0 spiro atoms. The Hall–Kier alpha value is -1.59. The highest BCUT2D eigenvalue weighted by Gasteiger charge is 2.42. The Kier molecular flexibility index (Phi) is 5.20. The largest absolute Gasteiger partial charge is 0.493 e. The number of hydrogen-bond donors (Lipinski definition) is 1. The Bertz CT molecular complexity index is 516. The van der Waals surface area contributed by atoms with E-state index in [9.17, 15) is 0 Å². The number of rotatable bonds is 8. The Morgan fingerprint density at radius 1 is 1.19 bits per heavy atom. The number of nitrogens with zero attached hydrogens (tertiary/aromatic N) is 1. The summed E-state index contributed by atoms with van der Waals surface area (Å²) in [4.78, 5) is 4.40. The first-order valence-corrected chi connectivity index (χ1v) is 7.49. The molecule has 0 fully saturated rings. The minimum absolute atomic E-state index is 0.398. The van der Waals surface area contributed by atoms with Crippen molar-refractivity contribution in [3.63, 3.8) is 0 Å². The fraction of sp³-hybridized carbons (Fsp3) is 0.562. The Labute approximate surface area is 126 Å². The van der Waals surface area contributed by atoms with Gasteiger partial charge in [0.25, 0.3) is 5.91 Å². The molecule has 5 nitrogen and oxygen atoms in total. The lowest BCUT2D eigenvalue weighted by Crippen LogP contribution is -2.28. The van der Waals surface area contributed by atoms with Gasteiger partial charge in [-0.3, -0.25) is 0 Å². The highest BCUT2D eigenvalue weighted by molar-refractivity contribution is 6.04. The first-order valence-electron chi connectivity index (χ1n) is 7.49. The molecule has 0 aliphatic carbocycles. The fourth-order valence-corrected chi connectivity index (χ4v) is 2.35. The van der Waals surface area contributed by atoms with E-state index in [0.717, 1.165) is 36.1 Å². The summed E-state index contributed by atoms with van der Waals surface area (Å²) in [5.74, 6) is -0.00389. The van der Waals surface area contributed by atoms with Crippen molar-refractivity contribution in [1.29, 1.82) is 0 Å². The maximum atomic E-state index is 6.08. The lowest BCUT2D eigenvalue weighted by Gasteiger charge is -2.25. The van der Waals surface area contributed by atoms with E-state index in [2.05, 4.69) is 11.9 Å². The molecule has 5 heteroatoms. The smallest absolute Gasteiger partial charge is 0.300 e. The van der Waals surface area contributed by atoms with Crippen molar-refractivity contribution >= 4 is 5.84 Å². The lowest BCUT2D eigenvalue weighted by molar-refractivity contribution is -0.224. The Morgan fingerprint density at radius 3 is 2.67 bits per heavy atom. The SMILES string of the molecule is CCCCOc1cccc2c1C(N)=NC2(OC)OCCC. The molecule has 1 atom stereocenters. The lowest BCUT2D eigenvalue weighted by atomic mass is 10.1. The van der Waals surface area contributed by atoms with Crippen molar-refractivity contribution in [2.75, 3.05) is 20.3 Å². The van der Waals surface area contributed by atoms with E-state index in [1.54, 1.807) is 7.11 Å². The summed E-state index contributed by atoms with van der Waals surface area (Å²) in [6.07, 6.45) is 2.96. The summed E-state index contributed by atoms with van der Waals surface area (Å²) in [5, 5.41) is 0. The molecule has 0 bridgehead atoms. The predicted octanol–water partition coefficient (Wildman–Crippen LogP) is 2.77. The quantitative estimate of drug-likeness (QED) is 0.591. The third kappa shape index (κ3) is 3.04. The molecule has 0 amide bonds. The van der Waals surface area contributed by atoms with E-state index in [4.69, 9.17) is 19.9 Å². The van der Waals surface area contributed by atoms with E-state index >= 15 is 0 Å². The van der Waals surface area contributed by atoms with Gasteiger partial charge < -0.3 is 19.9 Å². The third-order valence-electron chi connectivity index (χ3n) is 3.42. The van der Waals surface area contributed by atoms with Crippen LogP contribution in [0.25, 0.3) is 0 Å². The molecule has 0 saturated carbocycles. The summed E-state index contributed by atoms with van der Waals surface area (Å²) in [6, 6.07) is 5.74. The van der Waals surface area contributed by atoms with Gasteiger partial charge in [-0.05, 0) is 18.9 Å². The molecule has 1 heterocycles. The van der Waals surface area contributed by atoms with Crippen LogP contribution >= 0.6 is 0 Å². The summed E-state index contributed by atoms with van der Waals surface area (Å²) >= 11 is 0. The average Bonchev–Trinajstić information content (AvgIpc) is 2.80. The molecular formula is C16H24N2O3. The summed E-state index contributed by atoms with van der Waals surface area (Å²) < 4.78 is 17.2. The van der Waals surface area contributed by atoms with Gasteiger partial charge >= 0.3 is 0 Å². The van der Waals surface area contributed by atoms with Crippen molar-refractivity contribution < 1.29 is 14.2 Å². The number of hydrogen-bond acceptors (Lipinski definition) is 5. The maximum absolute atomic E-state index is 6.08. The molecule has 116 valence electrons. The van der Waals surface area contributed by atoms with E-state index in [-0.39, 0.29) is 0 Å². The van der Waals surface area contributed by atoms with Gasteiger partial charge in [0, 0.05) is 7.11 Å². The molecule has 2 rings (SSSR count). The molecule has 0 aromatic heterocycles. The zero-order chi connectivity index (χ0) is 15.3. The van der Waals surface area contributed by atoms with Gasteiger partial charge in [-0.25, -0.2) is 4.99 Å². The number of nitrogens with two attached hydrogens (primary N) is 1. The number of methoxy groups -OCH3 is 1. The van der Waals surface area contributed by atoms with Gasteiger partial charge in [-0.2, -0.15) is 0 Å². The second-order valence-electron chi connectivity index (χ2n) is 5.01. The van der Waals surface area contributed by atoms with Crippen molar-refractivity contribution in [2.45, 2.75) is 39.0 Å². The molecular weight excluding hydrogens is 268 g/mol. The number of amidine groups is 1. The van der Waals surface area contributed by atoms with E-state index in [0.29, 0.717) is 19.0 Å². The number of benzene rings is 1. The first-order chi connectivity index (χ1) is 10.2. The van der Waals surface area contributed by atoms with Crippen molar-refractivity contribution in [2.24, 2.45) is 10.7 Å². The number of fused-ring (bicyclic) bond motifs is 1. The van der Waals surface area contributed by atoms with Gasteiger partial charge in [0.1, 0.15) is 11.6 Å². The summed E-state index contributed by atoms with van der Waals surface area (Å²) in [7, 11) is 1.58. The van der Waals surface area contributed by atoms with Crippen LogP contribution < -0.4 is 10.5 Å². The van der Waals surface area contributed by atoms with Crippen molar-refractivity contribution in [3.05, 3.63) is 29.3 Å². The van der Waals surface area contributed by atoms with Crippen LogP contribution in [-0.4, -0.2) is 26.2 Å². The van der Waals surface area contributed by atoms with E-state index in [1.807, 2.05) is 25.1 Å². The molecule has 1 aromatic rings. The average molecular weight is 292 g/mol. The minimum atomic E-state index is -1.14. The van der Waals surface area contributed by atoms with Gasteiger partial charge in [0.2, 0.25) is 0 Å². The first kappa shape index (κ1) is 15.8.